The Hall–Kier alpha value is -1.62. The van der Waals surface area contributed by atoms with Crippen LogP contribution in [0.4, 0.5) is 0 Å². The van der Waals surface area contributed by atoms with Crippen LogP contribution in [0.15, 0.2) is 39.4 Å². The smallest absolute Gasteiger partial charge is 0.220 e. The van der Waals surface area contributed by atoms with Crippen molar-refractivity contribution in [2.24, 2.45) is 0 Å². The van der Waals surface area contributed by atoms with Gasteiger partial charge in [-0.15, -0.1) is 0 Å². The molecule has 0 saturated heterocycles. The number of oxazole rings is 1. The highest BCUT2D eigenvalue weighted by Crippen LogP contribution is 2.24. The van der Waals surface area contributed by atoms with E-state index >= 15 is 0 Å². The molecule has 0 bridgehead atoms. The molecule has 2 aromatic rings. The van der Waals surface area contributed by atoms with Crippen molar-refractivity contribution in [1.82, 2.24) is 10.3 Å². The summed E-state index contributed by atoms with van der Waals surface area (Å²) in [6, 6.07) is 7.83. The van der Waals surface area contributed by atoms with Crippen LogP contribution in [-0.2, 0) is 11.2 Å². The van der Waals surface area contributed by atoms with E-state index in [1.165, 1.54) is 0 Å². The molecule has 0 saturated carbocycles. The Kier molecular flexibility index (Phi) is 4.83. The summed E-state index contributed by atoms with van der Waals surface area (Å²) in [5.41, 5.74) is 0.747. The first-order valence-electron chi connectivity index (χ1n) is 6.85. The molecule has 0 atom stereocenters. The largest absolute Gasteiger partial charge is 0.441 e. The molecule has 1 aromatic heterocycles. The summed E-state index contributed by atoms with van der Waals surface area (Å²) in [6.07, 6.45) is 2.56. The fourth-order valence-electron chi connectivity index (χ4n) is 1.90. The van der Waals surface area contributed by atoms with Gasteiger partial charge in [0, 0.05) is 28.4 Å². The zero-order chi connectivity index (χ0) is 15.5. The number of hydrogen-bond donors (Lipinski definition) is 1. The van der Waals surface area contributed by atoms with Crippen LogP contribution in [0.3, 0.4) is 0 Å². The van der Waals surface area contributed by atoms with Crippen LogP contribution in [0, 0.1) is 0 Å². The number of nitrogens with zero attached hydrogens (tertiary/aromatic N) is 1. The van der Waals surface area contributed by atoms with E-state index in [1.54, 1.807) is 6.20 Å². The Morgan fingerprint density at radius 3 is 2.81 bits per heavy atom. The van der Waals surface area contributed by atoms with Crippen molar-refractivity contribution in [3.63, 3.8) is 0 Å². The number of carbonyl (C=O) groups excluding carboxylic acids is 1. The fraction of sp³-hybridized carbons (Fsp3) is 0.375. The highest BCUT2D eigenvalue weighted by molar-refractivity contribution is 9.10. The summed E-state index contributed by atoms with van der Waals surface area (Å²) >= 11 is 3.43. The van der Waals surface area contributed by atoms with Crippen molar-refractivity contribution < 1.29 is 9.21 Å². The molecule has 4 nitrogen and oxygen atoms in total. The van der Waals surface area contributed by atoms with E-state index in [2.05, 4.69) is 26.2 Å². The first kappa shape index (κ1) is 15.8. The molecule has 0 aliphatic carbocycles. The zero-order valence-electron chi connectivity index (χ0n) is 12.4. The lowest BCUT2D eigenvalue weighted by Crippen LogP contribution is -2.40. The van der Waals surface area contributed by atoms with Gasteiger partial charge in [0.25, 0.3) is 0 Å². The average Bonchev–Trinajstić information content (AvgIpc) is 2.83. The average molecular weight is 351 g/mol. The minimum Gasteiger partial charge on any atom is -0.441 e. The zero-order valence-corrected chi connectivity index (χ0v) is 14.0. The maximum absolute atomic E-state index is 11.8. The van der Waals surface area contributed by atoms with E-state index < -0.39 is 0 Å². The van der Waals surface area contributed by atoms with Crippen LogP contribution in [-0.4, -0.2) is 16.4 Å². The monoisotopic (exact) mass is 350 g/mol. The predicted molar refractivity (Wildman–Crippen MR) is 85.9 cm³/mol. The predicted octanol–water partition coefficient (Wildman–Crippen LogP) is 3.95. The number of benzene rings is 1. The first-order valence-corrected chi connectivity index (χ1v) is 7.64. The molecular weight excluding hydrogens is 332 g/mol. The molecule has 5 heteroatoms. The number of carbonyl (C=O) groups is 1. The molecule has 0 unspecified atom stereocenters. The fourth-order valence-corrected chi connectivity index (χ4v) is 2.30. The van der Waals surface area contributed by atoms with E-state index in [0.717, 1.165) is 10.0 Å². The number of nitrogens with one attached hydrogen (secondary N) is 1. The molecule has 0 aliphatic heterocycles. The number of halogens is 1. The molecule has 0 radical (unpaired) electrons. The van der Waals surface area contributed by atoms with Gasteiger partial charge in [-0.05, 0) is 32.9 Å². The second-order valence-corrected chi connectivity index (χ2v) is 6.84. The van der Waals surface area contributed by atoms with Crippen molar-refractivity contribution in [2.45, 2.75) is 39.2 Å². The normalized spacial score (nSPS) is 11.4. The van der Waals surface area contributed by atoms with Crippen molar-refractivity contribution in [1.29, 1.82) is 0 Å². The molecule has 112 valence electrons. The third kappa shape index (κ3) is 5.01. The van der Waals surface area contributed by atoms with E-state index in [4.69, 9.17) is 4.42 Å². The molecule has 0 spiro atoms. The Bertz CT molecular complexity index is 629. The molecule has 0 fully saturated rings. The number of rotatable bonds is 4. The van der Waals surface area contributed by atoms with Crippen LogP contribution in [0.5, 0.6) is 0 Å². The first-order chi connectivity index (χ1) is 9.83. The van der Waals surface area contributed by atoms with Crippen LogP contribution in [0.25, 0.3) is 11.3 Å². The highest BCUT2D eigenvalue weighted by atomic mass is 79.9. The summed E-state index contributed by atoms with van der Waals surface area (Å²) < 4.78 is 6.68. The van der Waals surface area contributed by atoms with Gasteiger partial charge < -0.3 is 9.73 Å². The molecule has 0 aliphatic rings. The Labute approximate surface area is 133 Å². The van der Waals surface area contributed by atoms with E-state index in [1.807, 2.05) is 45.0 Å². The van der Waals surface area contributed by atoms with Gasteiger partial charge in [0.05, 0.1) is 6.20 Å². The summed E-state index contributed by atoms with van der Waals surface area (Å²) in [5.74, 6) is 1.29. The second kappa shape index (κ2) is 6.43. The number of aromatic nitrogens is 1. The number of amides is 1. The third-order valence-electron chi connectivity index (χ3n) is 2.74. The van der Waals surface area contributed by atoms with Gasteiger partial charge in [-0.2, -0.15) is 0 Å². The lowest BCUT2D eigenvalue weighted by molar-refractivity contribution is -0.122. The molecule has 21 heavy (non-hydrogen) atoms. The molecular formula is C16H19BrN2O2. The minimum atomic E-state index is -0.213. The van der Waals surface area contributed by atoms with Crippen molar-refractivity contribution in [3.8, 4) is 11.3 Å². The van der Waals surface area contributed by atoms with Gasteiger partial charge in [0.15, 0.2) is 11.7 Å². The molecule has 1 aromatic carbocycles. The van der Waals surface area contributed by atoms with Gasteiger partial charge in [-0.25, -0.2) is 4.98 Å². The maximum Gasteiger partial charge on any atom is 0.220 e. The number of hydrogen-bond acceptors (Lipinski definition) is 3. The van der Waals surface area contributed by atoms with Crippen LogP contribution < -0.4 is 5.32 Å². The third-order valence-corrected chi connectivity index (χ3v) is 3.24. The van der Waals surface area contributed by atoms with Gasteiger partial charge >= 0.3 is 0 Å². The summed E-state index contributed by atoms with van der Waals surface area (Å²) in [5, 5.41) is 2.92. The van der Waals surface area contributed by atoms with E-state index in [-0.39, 0.29) is 11.4 Å². The van der Waals surface area contributed by atoms with Crippen molar-refractivity contribution >= 4 is 21.8 Å². The van der Waals surface area contributed by atoms with Gasteiger partial charge in [0.2, 0.25) is 5.91 Å². The van der Waals surface area contributed by atoms with Crippen LogP contribution in [0.1, 0.15) is 33.1 Å². The molecule has 2 rings (SSSR count). The molecule has 1 amide bonds. The molecule has 1 heterocycles. The standard InChI is InChI=1S/C16H19BrN2O2/c1-16(2,3)19-14(20)7-8-15-18-10-13(21-15)11-5-4-6-12(17)9-11/h4-6,9-10H,7-8H2,1-3H3,(H,19,20). The van der Waals surface area contributed by atoms with E-state index in [9.17, 15) is 4.79 Å². The summed E-state index contributed by atoms with van der Waals surface area (Å²) in [4.78, 5) is 16.0. The Morgan fingerprint density at radius 1 is 1.38 bits per heavy atom. The van der Waals surface area contributed by atoms with Gasteiger partial charge in [-0.1, -0.05) is 28.1 Å². The topological polar surface area (TPSA) is 55.1 Å². The summed E-state index contributed by atoms with van der Waals surface area (Å²) in [6.45, 7) is 5.88. The Morgan fingerprint density at radius 2 is 2.14 bits per heavy atom. The van der Waals surface area contributed by atoms with Crippen molar-refractivity contribution in [3.05, 3.63) is 40.8 Å². The maximum atomic E-state index is 11.8. The minimum absolute atomic E-state index is 0.00436. The SMILES string of the molecule is CC(C)(C)NC(=O)CCc1ncc(-c2cccc(Br)c2)o1. The van der Waals surface area contributed by atoms with E-state index in [0.29, 0.717) is 24.5 Å². The van der Waals surface area contributed by atoms with Crippen LogP contribution in [0.2, 0.25) is 0 Å². The van der Waals surface area contributed by atoms with Crippen LogP contribution >= 0.6 is 15.9 Å². The van der Waals surface area contributed by atoms with Gasteiger partial charge in [-0.3, -0.25) is 4.79 Å². The number of aryl methyl sites for hydroxylation is 1. The molecule has 1 N–H and O–H groups in total. The van der Waals surface area contributed by atoms with Crippen molar-refractivity contribution in [2.75, 3.05) is 0 Å². The lowest BCUT2D eigenvalue weighted by Gasteiger charge is -2.20. The van der Waals surface area contributed by atoms with Gasteiger partial charge in [0.1, 0.15) is 0 Å². The Balaban J connectivity index is 1.96. The second-order valence-electron chi connectivity index (χ2n) is 5.93. The summed E-state index contributed by atoms with van der Waals surface area (Å²) in [7, 11) is 0. The lowest BCUT2D eigenvalue weighted by atomic mass is 10.1. The quantitative estimate of drug-likeness (QED) is 0.907. The highest BCUT2D eigenvalue weighted by Gasteiger charge is 2.14.